The van der Waals surface area contributed by atoms with Crippen molar-refractivity contribution in [3.63, 3.8) is 0 Å². The minimum absolute atomic E-state index is 0.0857. The quantitative estimate of drug-likeness (QED) is 0.371. The van der Waals surface area contributed by atoms with Crippen molar-refractivity contribution in [1.82, 2.24) is 0 Å². The lowest BCUT2D eigenvalue weighted by Crippen LogP contribution is -2.19. The van der Waals surface area contributed by atoms with Crippen molar-refractivity contribution in [2.45, 2.75) is 4.90 Å². The lowest BCUT2D eigenvalue weighted by Gasteiger charge is -2.13. The number of para-hydroxylation sites is 1. The Morgan fingerprint density at radius 1 is 0.793 bits per heavy atom. The van der Waals surface area contributed by atoms with Crippen molar-refractivity contribution in [2.75, 3.05) is 15.4 Å². The summed E-state index contributed by atoms with van der Waals surface area (Å²) >= 11 is 23.3. The third-order valence-corrected chi connectivity index (χ3v) is 6.18. The lowest BCUT2D eigenvalue weighted by molar-refractivity contribution is 0.601. The van der Waals surface area contributed by atoms with Crippen LogP contribution in [0.25, 0.3) is 0 Å². The highest BCUT2D eigenvalue weighted by Crippen LogP contribution is 2.26. The first-order chi connectivity index (χ1) is 13.7. The minimum atomic E-state index is -3.78. The van der Waals surface area contributed by atoms with Gasteiger partial charge in [0.05, 0.1) is 26.3 Å². The van der Waals surface area contributed by atoms with Crippen LogP contribution in [0.5, 0.6) is 0 Å². The number of hydrogen-bond donors (Lipinski definition) is 3. The van der Waals surface area contributed by atoms with Crippen LogP contribution in [0.3, 0.4) is 0 Å². The van der Waals surface area contributed by atoms with Gasteiger partial charge in [0, 0.05) is 10.7 Å². The van der Waals surface area contributed by atoms with Crippen molar-refractivity contribution in [1.29, 1.82) is 0 Å². The van der Waals surface area contributed by atoms with Crippen LogP contribution in [-0.2, 0) is 10.0 Å². The summed E-state index contributed by atoms with van der Waals surface area (Å²) in [5.41, 5.74) is 1.50. The smallest absolute Gasteiger partial charge is 0.261 e. The highest BCUT2D eigenvalue weighted by atomic mass is 35.5. The van der Waals surface area contributed by atoms with E-state index in [4.69, 9.17) is 47.0 Å². The van der Waals surface area contributed by atoms with Crippen molar-refractivity contribution < 1.29 is 8.42 Å². The van der Waals surface area contributed by atoms with Gasteiger partial charge in [-0.25, -0.2) is 8.42 Å². The summed E-state index contributed by atoms with van der Waals surface area (Å²) in [6.07, 6.45) is 0. The van der Waals surface area contributed by atoms with Crippen LogP contribution in [0.15, 0.2) is 71.6 Å². The highest BCUT2D eigenvalue weighted by molar-refractivity contribution is 7.92. The fourth-order valence-electron chi connectivity index (χ4n) is 2.34. The van der Waals surface area contributed by atoms with Gasteiger partial charge in [0.1, 0.15) is 0 Å². The average molecular weight is 487 g/mol. The van der Waals surface area contributed by atoms with Crippen molar-refractivity contribution >= 4 is 79.2 Å². The van der Waals surface area contributed by atoms with Crippen LogP contribution in [0.4, 0.5) is 17.1 Å². The number of rotatable bonds is 5. The first kappa shape index (κ1) is 21.7. The summed E-state index contributed by atoms with van der Waals surface area (Å²) in [6.45, 7) is 0. The van der Waals surface area contributed by atoms with Crippen LogP contribution in [-0.4, -0.2) is 13.5 Å². The number of hydrogen-bond acceptors (Lipinski definition) is 3. The van der Waals surface area contributed by atoms with Gasteiger partial charge in [0.15, 0.2) is 5.11 Å². The number of anilines is 3. The second kappa shape index (κ2) is 9.19. The minimum Gasteiger partial charge on any atom is -0.332 e. The Morgan fingerprint density at radius 2 is 1.48 bits per heavy atom. The summed E-state index contributed by atoms with van der Waals surface area (Å²) in [6, 6.07) is 17.7. The molecule has 29 heavy (non-hydrogen) atoms. The molecule has 3 rings (SSSR count). The van der Waals surface area contributed by atoms with E-state index in [1.807, 2.05) is 0 Å². The van der Waals surface area contributed by atoms with Gasteiger partial charge in [0.25, 0.3) is 10.0 Å². The van der Waals surface area contributed by atoms with Crippen molar-refractivity contribution in [3.8, 4) is 0 Å². The fourth-order valence-corrected chi connectivity index (χ4v) is 4.34. The third kappa shape index (κ3) is 5.74. The van der Waals surface area contributed by atoms with Gasteiger partial charge in [-0.1, -0.05) is 46.9 Å². The van der Waals surface area contributed by atoms with E-state index in [0.29, 0.717) is 37.2 Å². The molecule has 10 heteroatoms. The van der Waals surface area contributed by atoms with E-state index in [2.05, 4.69) is 15.4 Å². The monoisotopic (exact) mass is 485 g/mol. The number of halogens is 3. The van der Waals surface area contributed by atoms with Crippen LogP contribution in [0.2, 0.25) is 15.1 Å². The molecule has 0 unspecified atom stereocenters. The molecule has 0 aromatic heterocycles. The molecule has 5 nitrogen and oxygen atoms in total. The number of sulfonamides is 1. The highest BCUT2D eigenvalue weighted by Gasteiger charge is 2.15. The number of thiocarbonyl (C=S) groups is 1. The van der Waals surface area contributed by atoms with Gasteiger partial charge in [-0.05, 0) is 66.8 Å². The Morgan fingerprint density at radius 3 is 2.14 bits per heavy atom. The number of nitrogens with one attached hydrogen (secondary N) is 3. The Kier molecular flexibility index (Phi) is 6.87. The van der Waals surface area contributed by atoms with E-state index in [1.54, 1.807) is 54.6 Å². The molecule has 0 bridgehead atoms. The Labute approximate surface area is 189 Å². The van der Waals surface area contributed by atoms with Gasteiger partial charge < -0.3 is 10.6 Å². The molecule has 0 saturated heterocycles. The second-order valence-electron chi connectivity index (χ2n) is 5.81. The SMILES string of the molecule is O=S(=O)(Nc1ccccc1Cl)c1ccc(NC(=S)Nc2ccc(Cl)cc2Cl)cc1. The maximum atomic E-state index is 12.5. The Balaban J connectivity index is 1.68. The zero-order valence-corrected chi connectivity index (χ0v) is 18.5. The van der Waals surface area contributed by atoms with Gasteiger partial charge in [-0.3, -0.25) is 4.72 Å². The Bertz CT molecular complexity index is 1150. The molecular formula is C19H14Cl3N3O2S2. The molecule has 3 N–H and O–H groups in total. The molecule has 150 valence electrons. The van der Waals surface area contributed by atoms with Crippen molar-refractivity contribution in [3.05, 3.63) is 81.8 Å². The third-order valence-electron chi connectivity index (χ3n) is 3.72. The van der Waals surface area contributed by atoms with Gasteiger partial charge in [0.2, 0.25) is 0 Å². The molecule has 3 aromatic carbocycles. The summed E-state index contributed by atoms with van der Waals surface area (Å²) in [4.78, 5) is 0.0857. The molecule has 0 amide bonds. The second-order valence-corrected chi connectivity index (χ2v) is 9.15. The molecular weight excluding hydrogens is 473 g/mol. The van der Waals surface area contributed by atoms with E-state index in [9.17, 15) is 8.42 Å². The predicted molar refractivity (Wildman–Crippen MR) is 125 cm³/mol. The molecule has 0 atom stereocenters. The topological polar surface area (TPSA) is 70.2 Å². The van der Waals surface area contributed by atoms with E-state index in [1.165, 1.54) is 12.1 Å². The van der Waals surface area contributed by atoms with Crippen LogP contribution < -0.4 is 15.4 Å². The molecule has 0 aliphatic carbocycles. The zero-order chi connectivity index (χ0) is 21.0. The molecule has 0 heterocycles. The molecule has 0 fully saturated rings. The number of benzene rings is 3. The first-order valence-corrected chi connectivity index (χ1v) is 11.2. The maximum Gasteiger partial charge on any atom is 0.261 e. The van der Waals surface area contributed by atoms with Crippen LogP contribution in [0, 0.1) is 0 Å². The molecule has 0 aliphatic heterocycles. The van der Waals surface area contributed by atoms with Gasteiger partial charge in [-0.15, -0.1) is 0 Å². The molecule has 0 aliphatic rings. The van der Waals surface area contributed by atoms with E-state index in [-0.39, 0.29) is 4.90 Å². The molecule has 3 aromatic rings. The van der Waals surface area contributed by atoms with Gasteiger partial charge >= 0.3 is 0 Å². The largest absolute Gasteiger partial charge is 0.332 e. The molecule has 0 saturated carbocycles. The van der Waals surface area contributed by atoms with Crippen LogP contribution in [0.1, 0.15) is 0 Å². The van der Waals surface area contributed by atoms with E-state index >= 15 is 0 Å². The maximum absolute atomic E-state index is 12.5. The van der Waals surface area contributed by atoms with E-state index in [0.717, 1.165) is 0 Å². The molecule has 0 radical (unpaired) electrons. The first-order valence-electron chi connectivity index (χ1n) is 8.15. The normalized spacial score (nSPS) is 11.0. The zero-order valence-electron chi connectivity index (χ0n) is 14.6. The summed E-state index contributed by atoms with van der Waals surface area (Å²) < 4.78 is 27.5. The lowest BCUT2D eigenvalue weighted by atomic mass is 10.3. The van der Waals surface area contributed by atoms with Crippen molar-refractivity contribution in [2.24, 2.45) is 0 Å². The molecule has 0 spiro atoms. The van der Waals surface area contributed by atoms with E-state index < -0.39 is 10.0 Å². The van der Waals surface area contributed by atoms with Crippen LogP contribution >= 0.6 is 47.0 Å². The average Bonchev–Trinajstić information content (AvgIpc) is 2.66. The summed E-state index contributed by atoms with van der Waals surface area (Å²) in [5, 5.41) is 7.46. The van der Waals surface area contributed by atoms with Gasteiger partial charge in [-0.2, -0.15) is 0 Å². The summed E-state index contributed by atoms with van der Waals surface area (Å²) in [5.74, 6) is 0. The summed E-state index contributed by atoms with van der Waals surface area (Å²) in [7, 11) is -3.78. The fraction of sp³-hybridized carbons (Fsp3) is 0. The Hall–Kier alpha value is -2.03. The predicted octanol–water partition coefficient (Wildman–Crippen LogP) is 6.26. The standard InChI is InChI=1S/C19H14Cl3N3O2S2/c20-12-5-10-17(16(22)11-12)24-19(28)23-13-6-8-14(9-7-13)29(26,27)25-18-4-2-1-3-15(18)21/h1-11,25H,(H2,23,24,28).